The molecule has 86 valence electrons. The number of nitrogens with zero attached hydrogens (tertiary/aromatic N) is 1. The highest BCUT2D eigenvalue weighted by Crippen LogP contribution is 2.28. The summed E-state index contributed by atoms with van der Waals surface area (Å²) >= 11 is 11.9. The molecule has 1 aromatic carbocycles. The fourth-order valence-electron chi connectivity index (χ4n) is 0.890. The van der Waals surface area contributed by atoms with Crippen molar-refractivity contribution in [2.75, 3.05) is 19.0 Å². The fourth-order valence-corrected chi connectivity index (χ4v) is 1.37. The van der Waals surface area contributed by atoms with Gasteiger partial charge in [0.1, 0.15) is 0 Å². The molecular formula is C12H19Cl2N. The zero-order valence-electron chi connectivity index (χ0n) is 10.1. The van der Waals surface area contributed by atoms with Crippen LogP contribution in [0, 0.1) is 6.92 Å². The maximum absolute atomic E-state index is 5.95. The van der Waals surface area contributed by atoms with Gasteiger partial charge in [0, 0.05) is 29.8 Å². The summed E-state index contributed by atoms with van der Waals surface area (Å²) in [5.41, 5.74) is 1.96. The van der Waals surface area contributed by atoms with Crippen molar-refractivity contribution >= 4 is 28.9 Å². The third kappa shape index (κ3) is 4.76. The number of halogens is 2. The lowest BCUT2D eigenvalue weighted by molar-refractivity contribution is 1.09. The maximum atomic E-state index is 5.95. The highest BCUT2D eigenvalue weighted by Gasteiger charge is 2.04. The zero-order chi connectivity index (χ0) is 12.0. The van der Waals surface area contributed by atoms with E-state index in [2.05, 4.69) is 13.8 Å². The van der Waals surface area contributed by atoms with Crippen LogP contribution in [0.2, 0.25) is 10.0 Å². The van der Waals surface area contributed by atoms with Gasteiger partial charge in [-0.05, 0) is 24.6 Å². The Morgan fingerprint density at radius 1 is 1.07 bits per heavy atom. The second-order valence-corrected chi connectivity index (χ2v) is 4.45. The topological polar surface area (TPSA) is 3.24 Å². The first-order chi connectivity index (χ1) is 6.93. The minimum Gasteiger partial charge on any atom is -0.378 e. The fraction of sp³-hybridized carbons (Fsp3) is 0.500. The first-order valence-corrected chi connectivity index (χ1v) is 5.82. The standard InChI is InChI=1S/C9H11Cl2N.C3H8/c1-6-8(10)4-7(12(2)3)5-9(6)11;1-3-2/h4-5H,1-3H3;3H2,1-2H3. The summed E-state index contributed by atoms with van der Waals surface area (Å²) in [6, 6.07) is 3.81. The van der Waals surface area contributed by atoms with Gasteiger partial charge >= 0.3 is 0 Å². The van der Waals surface area contributed by atoms with Crippen LogP contribution in [0.1, 0.15) is 25.8 Å². The van der Waals surface area contributed by atoms with Crippen molar-refractivity contribution < 1.29 is 0 Å². The lowest BCUT2D eigenvalue weighted by atomic mass is 10.2. The van der Waals surface area contributed by atoms with Gasteiger partial charge in [-0.25, -0.2) is 0 Å². The summed E-state index contributed by atoms with van der Waals surface area (Å²) < 4.78 is 0. The Morgan fingerprint density at radius 2 is 1.40 bits per heavy atom. The molecule has 0 N–H and O–H groups in total. The molecule has 1 nitrogen and oxygen atoms in total. The maximum Gasteiger partial charge on any atom is 0.0470 e. The molecule has 0 unspecified atom stereocenters. The molecule has 0 fully saturated rings. The summed E-state index contributed by atoms with van der Waals surface area (Å²) in [6.45, 7) is 6.16. The van der Waals surface area contributed by atoms with E-state index in [1.165, 1.54) is 6.42 Å². The number of rotatable bonds is 1. The van der Waals surface area contributed by atoms with Crippen LogP contribution in [-0.2, 0) is 0 Å². The molecule has 0 amide bonds. The first kappa shape index (κ1) is 14.6. The molecule has 1 rings (SSSR count). The van der Waals surface area contributed by atoms with Gasteiger partial charge in [-0.2, -0.15) is 0 Å². The molecule has 0 saturated carbocycles. The molecule has 15 heavy (non-hydrogen) atoms. The largest absolute Gasteiger partial charge is 0.378 e. The second kappa shape index (κ2) is 6.97. The van der Waals surface area contributed by atoms with Crippen molar-refractivity contribution in [2.24, 2.45) is 0 Å². The van der Waals surface area contributed by atoms with Gasteiger partial charge in [0.25, 0.3) is 0 Å². The van der Waals surface area contributed by atoms with E-state index in [1.54, 1.807) is 0 Å². The zero-order valence-corrected chi connectivity index (χ0v) is 11.6. The molecule has 0 spiro atoms. The van der Waals surface area contributed by atoms with E-state index in [0.717, 1.165) is 11.3 Å². The van der Waals surface area contributed by atoms with E-state index >= 15 is 0 Å². The van der Waals surface area contributed by atoms with Crippen molar-refractivity contribution in [1.82, 2.24) is 0 Å². The third-order valence-electron chi connectivity index (χ3n) is 1.78. The van der Waals surface area contributed by atoms with Crippen LogP contribution in [0.5, 0.6) is 0 Å². The van der Waals surface area contributed by atoms with Gasteiger partial charge in [-0.3, -0.25) is 0 Å². The van der Waals surface area contributed by atoms with Crippen molar-refractivity contribution in [2.45, 2.75) is 27.2 Å². The summed E-state index contributed by atoms with van der Waals surface area (Å²) in [4.78, 5) is 1.97. The highest BCUT2D eigenvalue weighted by molar-refractivity contribution is 6.36. The average molecular weight is 248 g/mol. The lowest BCUT2D eigenvalue weighted by Gasteiger charge is -2.14. The second-order valence-electron chi connectivity index (χ2n) is 3.64. The van der Waals surface area contributed by atoms with Gasteiger partial charge in [0.15, 0.2) is 0 Å². The molecule has 0 atom stereocenters. The molecule has 0 bridgehead atoms. The van der Waals surface area contributed by atoms with E-state index in [1.807, 2.05) is 38.1 Å². The molecule has 1 aromatic rings. The molecule has 0 aromatic heterocycles. The van der Waals surface area contributed by atoms with Crippen molar-refractivity contribution in [1.29, 1.82) is 0 Å². The minimum atomic E-state index is 0.714. The van der Waals surface area contributed by atoms with E-state index in [0.29, 0.717) is 10.0 Å². The predicted octanol–water partition coefficient (Wildman–Crippen LogP) is 4.78. The van der Waals surface area contributed by atoms with Crippen molar-refractivity contribution in [3.8, 4) is 0 Å². The Bertz CT molecular complexity index is 285. The quantitative estimate of drug-likeness (QED) is 0.691. The normalized spacial score (nSPS) is 9.27. The van der Waals surface area contributed by atoms with E-state index < -0.39 is 0 Å². The van der Waals surface area contributed by atoms with Crippen LogP contribution >= 0.6 is 23.2 Å². The Kier molecular flexibility index (Phi) is 6.78. The van der Waals surface area contributed by atoms with E-state index in [-0.39, 0.29) is 0 Å². The van der Waals surface area contributed by atoms with Crippen LogP contribution in [0.3, 0.4) is 0 Å². The molecule has 0 radical (unpaired) electrons. The molecule has 3 heteroatoms. The minimum absolute atomic E-state index is 0.714. The van der Waals surface area contributed by atoms with Crippen LogP contribution in [0.15, 0.2) is 12.1 Å². The Labute approximate surface area is 103 Å². The Balaban J connectivity index is 0.000000583. The first-order valence-electron chi connectivity index (χ1n) is 5.06. The monoisotopic (exact) mass is 247 g/mol. The number of hydrogen-bond acceptors (Lipinski definition) is 1. The average Bonchev–Trinajstić information content (AvgIpc) is 2.14. The molecular weight excluding hydrogens is 229 g/mol. The smallest absolute Gasteiger partial charge is 0.0470 e. The molecule has 0 aliphatic carbocycles. The van der Waals surface area contributed by atoms with Crippen LogP contribution in [0.4, 0.5) is 5.69 Å². The summed E-state index contributed by atoms with van der Waals surface area (Å²) in [7, 11) is 3.91. The van der Waals surface area contributed by atoms with Crippen molar-refractivity contribution in [3.05, 3.63) is 27.7 Å². The number of benzene rings is 1. The molecule has 0 aliphatic heterocycles. The molecule has 0 heterocycles. The third-order valence-corrected chi connectivity index (χ3v) is 2.57. The van der Waals surface area contributed by atoms with Crippen LogP contribution in [0.25, 0.3) is 0 Å². The molecule has 0 saturated heterocycles. The molecule has 0 aliphatic rings. The lowest BCUT2D eigenvalue weighted by Crippen LogP contribution is -2.08. The van der Waals surface area contributed by atoms with E-state index in [4.69, 9.17) is 23.2 Å². The SMILES string of the molecule is CCC.Cc1c(Cl)cc(N(C)C)cc1Cl. The van der Waals surface area contributed by atoms with Crippen LogP contribution < -0.4 is 4.90 Å². The number of anilines is 1. The highest BCUT2D eigenvalue weighted by atomic mass is 35.5. The van der Waals surface area contributed by atoms with E-state index in [9.17, 15) is 0 Å². The Hall–Kier alpha value is -0.400. The number of hydrogen-bond donors (Lipinski definition) is 0. The predicted molar refractivity (Wildman–Crippen MR) is 71.5 cm³/mol. The summed E-state index contributed by atoms with van der Waals surface area (Å²) in [6.07, 6.45) is 1.25. The van der Waals surface area contributed by atoms with Gasteiger partial charge in [-0.1, -0.05) is 43.5 Å². The van der Waals surface area contributed by atoms with Crippen LogP contribution in [-0.4, -0.2) is 14.1 Å². The van der Waals surface area contributed by atoms with Gasteiger partial charge in [0.2, 0.25) is 0 Å². The van der Waals surface area contributed by atoms with Crippen molar-refractivity contribution in [3.63, 3.8) is 0 Å². The Morgan fingerprint density at radius 3 is 1.67 bits per heavy atom. The van der Waals surface area contributed by atoms with Gasteiger partial charge in [-0.15, -0.1) is 0 Å². The summed E-state index contributed by atoms with van der Waals surface area (Å²) in [5, 5.41) is 1.43. The van der Waals surface area contributed by atoms with Gasteiger partial charge < -0.3 is 4.90 Å². The summed E-state index contributed by atoms with van der Waals surface area (Å²) in [5.74, 6) is 0. The van der Waals surface area contributed by atoms with Gasteiger partial charge in [0.05, 0.1) is 0 Å².